The molecule has 4 aliphatic rings. The topological polar surface area (TPSA) is 34.4 Å². The van der Waals surface area contributed by atoms with Gasteiger partial charge in [-0.25, -0.2) is 4.39 Å². The molecule has 0 N–H and O–H groups in total. The fraction of sp³-hybridized carbons (Fsp3) is 0.524. The van der Waals surface area contributed by atoms with Crippen molar-refractivity contribution in [1.29, 1.82) is 0 Å². The molecule has 5 heteroatoms. The van der Waals surface area contributed by atoms with Crippen molar-refractivity contribution in [3.63, 3.8) is 0 Å². The van der Waals surface area contributed by atoms with Gasteiger partial charge in [0.1, 0.15) is 5.82 Å². The van der Waals surface area contributed by atoms with Crippen molar-refractivity contribution in [3.8, 4) is 0 Å². The van der Waals surface area contributed by atoms with Crippen LogP contribution in [0.25, 0.3) is 10.2 Å². The molecule has 136 valence electrons. The van der Waals surface area contributed by atoms with Crippen LogP contribution in [0.4, 0.5) is 4.39 Å². The molecule has 4 saturated carbocycles. The standard InChI is InChI=1S/C21H23FN2OS/c1-2-6-24-18-16(22)4-3-5-17(18)26-20(24)23-19(25)21-10-13-7-14(11-21)9-15(8-13)12-21/h2-5,13-15H,1,6-12H2. The summed E-state index contributed by atoms with van der Waals surface area (Å²) in [6, 6.07) is 5.05. The number of nitrogens with zero attached hydrogens (tertiary/aromatic N) is 2. The third-order valence-electron chi connectivity index (χ3n) is 6.65. The van der Waals surface area contributed by atoms with Gasteiger partial charge in [-0.3, -0.25) is 4.79 Å². The molecular weight excluding hydrogens is 347 g/mol. The van der Waals surface area contributed by atoms with Crippen molar-refractivity contribution in [3.05, 3.63) is 41.5 Å². The molecule has 26 heavy (non-hydrogen) atoms. The largest absolute Gasteiger partial charge is 0.310 e. The molecule has 4 aliphatic carbocycles. The van der Waals surface area contributed by atoms with Crippen LogP contribution in [0.3, 0.4) is 0 Å². The van der Waals surface area contributed by atoms with E-state index in [1.807, 2.05) is 6.07 Å². The predicted octanol–water partition coefficient (Wildman–Crippen LogP) is 4.67. The Morgan fingerprint density at radius 1 is 1.27 bits per heavy atom. The lowest BCUT2D eigenvalue weighted by molar-refractivity contribution is -0.142. The van der Waals surface area contributed by atoms with Crippen LogP contribution >= 0.6 is 11.3 Å². The maximum atomic E-state index is 14.4. The van der Waals surface area contributed by atoms with Crippen molar-refractivity contribution in [2.24, 2.45) is 28.2 Å². The number of carbonyl (C=O) groups excluding carboxylic acids is 1. The zero-order valence-corrected chi connectivity index (χ0v) is 15.6. The second-order valence-corrected chi connectivity index (χ2v) is 9.49. The number of para-hydroxylation sites is 1. The predicted molar refractivity (Wildman–Crippen MR) is 101 cm³/mol. The first-order chi connectivity index (χ1) is 12.6. The van der Waals surface area contributed by atoms with Crippen LogP contribution < -0.4 is 4.80 Å². The highest BCUT2D eigenvalue weighted by Crippen LogP contribution is 2.60. The Hall–Kier alpha value is -1.75. The first kappa shape index (κ1) is 16.4. The van der Waals surface area contributed by atoms with Crippen LogP contribution in [0.15, 0.2) is 35.8 Å². The molecule has 4 fully saturated rings. The molecule has 0 unspecified atom stereocenters. The SMILES string of the molecule is C=CCn1c(=NC(=O)C23CC4CC(CC(C4)C2)C3)sc2cccc(F)c21. The zero-order valence-electron chi connectivity index (χ0n) is 14.8. The third kappa shape index (κ3) is 2.43. The van der Waals surface area contributed by atoms with Gasteiger partial charge in [-0.15, -0.1) is 6.58 Å². The number of benzene rings is 1. The summed E-state index contributed by atoms with van der Waals surface area (Å²) >= 11 is 1.40. The van der Waals surface area contributed by atoms with Gasteiger partial charge in [-0.05, 0) is 68.4 Å². The van der Waals surface area contributed by atoms with E-state index in [0.717, 1.165) is 24.0 Å². The molecule has 2 aromatic rings. The van der Waals surface area contributed by atoms with Crippen molar-refractivity contribution in [2.45, 2.75) is 45.1 Å². The van der Waals surface area contributed by atoms with E-state index in [0.29, 0.717) is 34.6 Å². The summed E-state index contributed by atoms with van der Waals surface area (Å²) in [6.07, 6.45) is 8.64. The van der Waals surface area contributed by atoms with E-state index in [1.54, 1.807) is 16.7 Å². The van der Waals surface area contributed by atoms with Gasteiger partial charge < -0.3 is 4.57 Å². The summed E-state index contributed by atoms with van der Waals surface area (Å²) in [7, 11) is 0. The van der Waals surface area contributed by atoms with Gasteiger partial charge in [0.2, 0.25) is 0 Å². The lowest BCUT2D eigenvalue weighted by atomic mass is 9.49. The van der Waals surface area contributed by atoms with Crippen LogP contribution in [0.2, 0.25) is 0 Å². The first-order valence-electron chi connectivity index (χ1n) is 9.56. The number of halogens is 1. The van der Waals surface area contributed by atoms with Crippen molar-refractivity contribution in [2.75, 3.05) is 0 Å². The second-order valence-electron chi connectivity index (χ2n) is 8.49. The van der Waals surface area contributed by atoms with Crippen molar-refractivity contribution < 1.29 is 9.18 Å². The Kier molecular flexibility index (Phi) is 3.71. The number of hydrogen-bond acceptors (Lipinski definition) is 2. The van der Waals surface area contributed by atoms with Gasteiger partial charge in [-0.2, -0.15) is 4.99 Å². The van der Waals surface area contributed by atoms with E-state index < -0.39 is 0 Å². The number of rotatable bonds is 3. The van der Waals surface area contributed by atoms with Crippen LogP contribution in [0.5, 0.6) is 0 Å². The van der Waals surface area contributed by atoms with Gasteiger partial charge >= 0.3 is 0 Å². The van der Waals surface area contributed by atoms with Gasteiger partial charge in [0.25, 0.3) is 5.91 Å². The van der Waals surface area contributed by atoms with E-state index in [1.165, 1.54) is 36.7 Å². The average Bonchev–Trinajstić information content (AvgIpc) is 2.93. The summed E-state index contributed by atoms with van der Waals surface area (Å²) in [5.74, 6) is 1.88. The monoisotopic (exact) mass is 370 g/mol. The number of amides is 1. The molecule has 4 bridgehead atoms. The molecular formula is C21H23FN2OS. The summed E-state index contributed by atoms with van der Waals surface area (Å²) in [5, 5.41) is 0. The van der Waals surface area contributed by atoms with E-state index in [2.05, 4.69) is 11.6 Å². The minimum atomic E-state index is -0.274. The number of carbonyl (C=O) groups is 1. The molecule has 1 heterocycles. The van der Waals surface area contributed by atoms with E-state index in [4.69, 9.17) is 0 Å². The maximum absolute atomic E-state index is 14.4. The van der Waals surface area contributed by atoms with Crippen LogP contribution in [-0.2, 0) is 11.3 Å². The zero-order chi connectivity index (χ0) is 17.9. The van der Waals surface area contributed by atoms with Crippen LogP contribution in [-0.4, -0.2) is 10.5 Å². The summed E-state index contributed by atoms with van der Waals surface area (Å²) < 4.78 is 17.0. The molecule has 3 nitrogen and oxygen atoms in total. The average molecular weight is 370 g/mol. The molecule has 0 atom stereocenters. The highest BCUT2D eigenvalue weighted by molar-refractivity contribution is 7.16. The molecule has 1 aromatic heterocycles. The lowest BCUT2D eigenvalue weighted by Gasteiger charge is -2.55. The van der Waals surface area contributed by atoms with Gasteiger partial charge in [0.15, 0.2) is 4.80 Å². The molecule has 0 radical (unpaired) electrons. The minimum absolute atomic E-state index is 0.0291. The molecule has 6 rings (SSSR count). The molecule has 0 spiro atoms. The Balaban J connectivity index is 1.60. The van der Waals surface area contributed by atoms with E-state index in [-0.39, 0.29) is 17.1 Å². The fourth-order valence-electron chi connectivity index (χ4n) is 6.05. The molecule has 1 amide bonds. The van der Waals surface area contributed by atoms with Crippen LogP contribution in [0, 0.1) is 29.0 Å². The Bertz CT molecular complexity index is 935. The summed E-state index contributed by atoms with van der Waals surface area (Å²) in [4.78, 5) is 18.5. The highest BCUT2D eigenvalue weighted by atomic mass is 32.1. The van der Waals surface area contributed by atoms with E-state index >= 15 is 0 Å². The van der Waals surface area contributed by atoms with Gasteiger partial charge in [-0.1, -0.05) is 23.5 Å². The Morgan fingerprint density at radius 3 is 2.54 bits per heavy atom. The van der Waals surface area contributed by atoms with E-state index in [9.17, 15) is 9.18 Å². The lowest BCUT2D eigenvalue weighted by Crippen LogP contribution is -2.49. The molecule has 0 saturated heterocycles. The van der Waals surface area contributed by atoms with Crippen molar-refractivity contribution in [1.82, 2.24) is 4.57 Å². The van der Waals surface area contributed by atoms with Gasteiger partial charge in [0, 0.05) is 6.54 Å². The number of aromatic nitrogens is 1. The Morgan fingerprint density at radius 2 is 1.92 bits per heavy atom. The van der Waals surface area contributed by atoms with Gasteiger partial charge in [0.05, 0.1) is 15.6 Å². The first-order valence-corrected chi connectivity index (χ1v) is 10.4. The smallest absolute Gasteiger partial charge is 0.254 e. The normalized spacial score (nSPS) is 33.1. The second kappa shape index (κ2) is 5.88. The minimum Gasteiger partial charge on any atom is -0.310 e. The third-order valence-corrected chi connectivity index (χ3v) is 7.70. The number of thiazole rings is 1. The highest BCUT2D eigenvalue weighted by Gasteiger charge is 2.54. The maximum Gasteiger partial charge on any atom is 0.254 e. The molecule has 0 aliphatic heterocycles. The molecule has 1 aromatic carbocycles. The number of allylic oxidation sites excluding steroid dienone is 1. The fourth-order valence-corrected chi connectivity index (χ4v) is 7.10. The van der Waals surface area contributed by atoms with Crippen LogP contribution in [0.1, 0.15) is 38.5 Å². The number of hydrogen-bond donors (Lipinski definition) is 0. The summed E-state index contributed by atoms with van der Waals surface area (Å²) in [5.41, 5.74) is 0.268. The quantitative estimate of drug-likeness (QED) is 0.723. The van der Waals surface area contributed by atoms with Crippen molar-refractivity contribution >= 4 is 27.5 Å². The Labute approximate surface area is 156 Å². The number of fused-ring (bicyclic) bond motifs is 1. The summed E-state index contributed by atoms with van der Waals surface area (Å²) in [6.45, 7) is 4.23.